The van der Waals surface area contributed by atoms with Gasteiger partial charge in [0, 0.05) is 27.5 Å². The maximum atomic E-state index is 11.5. The van der Waals surface area contributed by atoms with Crippen LogP contribution in [0.2, 0.25) is 0 Å². The van der Waals surface area contributed by atoms with Crippen LogP contribution in [0.5, 0.6) is 0 Å². The summed E-state index contributed by atoms with van der Waals surface area (Å²) in [5.41, 5.74) is 4.47. The second-order valence-corrected chi connectivity index (χ2v) is 6.34. The predicted molar refractivity (Wildman–Crippen MR) is 96.4 cm³/mol. The Bertz CT molecular complexity index is 838. The van der Waals surface area contributed by atoms with Crippen LogP contribution in [-0.2, 0) is 16.0 Å². The van der Waals surface area contributed by atoms with Gasteiger partial charge in [-0.15, -0.1) is 0 Å². The highest BCUT2D eigenvalue weighted by Gasteiger charge is 2.07. The van der Waals surface area contributed by atoms with Gasteiger partial charge in [-0.2, -0.15) is 0 Å². The van der Waals surface area contributed by atoms with Crippen molar-refractivity contribution in [1.29, 1.82) is 0 Å². The molecule has 0 saturated carbocycles. The molecule has 23 heavy (non-hydrogen) atoms. The molecule has 0 radical (unpaired) electrons. The lowest BCUT2D eigenvalue weighted by molar-refractivity contribution is -0.143. The van der Waals surface area contributed by atoms with Gasteiger partial charge in [0.1, 0.15) is 0 Å². The van der Waals surface area contributed by atoms with Crippen molar-refractivity contribution in [2.75, 3.05) is 6.61 Å². The first kappa shape index (κ1) is 15.8. The number of benzene rings is 2. The molecule has 0 atom stereocenters. The van der Waals surface area contributed by atoms with Crippen LogP contribution in [-0.4, -0.2) is 17.6 Å². The molecule has 0 bridgehead atoms. The molecule has 118 valence electrons. The van der Waals surface area contributed by atoms with E-state index in [0.29, 0.717) is 19.4 Å². The number of nitrogens with one attached hydrogen (secondary N) is 1. The number of aromatic nitrogens is 1. The quantitative estimate of drug-likeness (QED) is 0.634. The molecule has 0 aliphatic heterocycles. The number of carbonyl (C=O) groups is 1. The van der Waals surface area contributed by atoms with Crippen LogP contribution in [0, 0.1) is 0 Å². The number of fused-ring (bicyclic) bond motifs is 1. The molecule has 0 aliphatic carbocycles. The average molecular weight is 372 g/mol. The predicted octanol–water partition coefficient (Wildman–Crippen LogP) is 5.09. The SMILES string of the molecule is CCOC(=O)CCc1ccc2[nH]c(-c3cccc(Br)c3)cc2c1. The Morgan fingerprint density at radius 1 is 1.17 bits per heavy atom. The first-order chi connectivity index (χ1) is 11.2. The molecule has 0 saturated heterocycles. The number of carbonyl (C=O) groups excluding carboxylic acids is 1. The van der Waals surface area contributed by atoms with Crippen molar-refractivity contribution in [2.45, 2.75) is 19.8 Å². The Kier molecular flexibility index (Phi) is 4.82. The van der Waals surface area contributed by atoms with Crippen molar-refractivity contribution in [1.82, 2.24) is 4.98 Å². The number of esters is 1. The molecular formula is C19H18BrNO2. The summed E-state index contributed by atoms with van der Waals surface area (Å²) in [4.78, 5) is 14.9. The zero-order valence-electron chi connectivity index (χ0n) is 12.9. The van der Waals surface area contributed by atoms with E-state index in [4.69, 9.17) is 4.74 Å². The monoisotopic (exact) mass is 371 g/mol. The Balaban J connectivity index is 1.82. The van der Waals surface area contributed by atoms with Crippen LogP contribution in [0.3, 0.4) is 0 Å². The highest BCUT2D eigenvalue weighted by Crippen LogP contribution is 2.27. The third-order valence-corrected chi connectivity index (χ3v) is 4.24. The van der Waals surface area contributed by atoms with E-state index >= 15 is 0 Å². The minimum atomic E-state index is -0.142. The molecule has 3 aromatic rings. The fourth-order valence-corrected chi connectivity index (χ4v) is 3.03. The van der Waals surface area contributed by atoms with E-state index < -0.39 is 0 Å². The Hall–Kier alpha value is -2.07. The summed E-state index contributed by atoms with van der Waals surface area (Å²) in [5, 5.41) is 1.15. The summed E-state index contributed by atoms with van der Waals surface area (Å²) >= 11 is 3.50. The van der Waals surface area contributed by atoms with Crippen molar-refractivity contribution in [3.8, 4) is 11.3 Å². The number of ether oxygens (including phenoxy) is 1. The van der Waals surface area contributed by atoms with E-state index in [1.807, 2.05) is 19.1 Å². The van der Waals surface area contributed by atoms with Gasteiger partial charge >= 0.3 is 5.97 Å². The summed E-state index contributed by atoms with van der Waals surface area (Å²) in [6.07, 6.45) is 1.12. The Morgan fingerprint density at radius 3 is 2.83 bits per heavy atom. The first-order valence-electron chi connectivity index (χ1n) is 7.69. The van der Waals surface area contributed by atoms with Crippen molar-refractivity contribution in [3.05, 3.63) is 58.6 Å². The van der Waals surface area contributed by atoms with Gasteiger partial charge in [0.05, 0.1) is 6.61 Å². The van der Waals surface area contributed by atoms with Crippen molar-refractivity contribution >= 4 is 32.8 Å². The lowest BCUT2D eigenvalue weighted by atomic mass is 10.1. The van der Waals surface area contributed by atoms with Gasteiger partial charge in [-0.25, -0.2) is 0 Å². The Labute approximate surface area is 143 Å². The van der Waals surface area contributed by atoms with Gasteiger partial charge in [0.2, 0.25) is 0 Å². The van der Waals surface area contributed by atoms with Crippen molar-refractivity contribution in [3.63, 3.8) is 0 Å². The van der Waals surface area contributed by atoms with Crippen LogP contribution < -0.4 is 0 Å². The number of hydrogen-bond acceptors (Lipinski definition) is 2. The number of rotatable bonds is 5. The molecule has 2 aromatic carbocycles. The molecule has 4 heteroatoms. The van der Waals surface area contributed by atoms with Crippen LogP contribution in [0.1, 0.15) is 18.9 Å². The smallest absolute Gasteiger partial charge is 0.306 e. The average Bonchev–Trinajstić information content (AvgIpc) is 2.96. The van der Waals surface area contributed by atoms with E-state index in [9.17, 15) is 4.79 Å². The summed E-state index contributed by atoms with van der Waals surface area (Å²) < 4.78 is 6.03. The third-order valence-electron chi connectivity index (χ3n) is 3.74. The van der Waals surface area contributed by atoms with Gasteiger partial charge in [0.25, 0.3) is 0 Å². The van der Waals surface area contributed by atoms with Gasteiger partial charge in [-0.1, -0.05) is 34.1 Å². The molecule has 0 amide bonds. The van der Waals surface area contributed by atoms with Crippen molar-refractivity contribution < 1.29 is 9.53 Å². The zero-order chi connectivity index (χ0) is 16.2. The third kappa shape index (κ3) is 3.82. The van der Waals surface area contributed by atoms with E-state index in [0.717, 1.165) is 32.2 Å². The molecule has 3 rings (SSSR count). The van der Waals surface area contributed by atoms with Gasteiger partial charge in [-0.05, 0) is 54.8 Å². The molecule has 0 aliphatic rings. The lowest BCUT2D eigenvalue weighted by Gasteiger charge is -2.02. The summed E-state index contributed by atoms with van der Waals surface area (Å²) in [6.45, 7) is 2.26. The van der Waals surface area contributed by atoms with E-state index in [2.05, 4.69) is 57.3 Å². The maximum Gasteiger partial charge on any atom is 0.306 e. The van der Waals surface area contributed by atoms with E-state index in [-0.39, 0.29) is 5.97 Å². The van der Waals surface area contributed by atoms with Crippen LogP contribution in [0.15, 0.2) is 53.0 Å². The van der Waals surface area contributed by atoms with Gasteiger partial charge in [0.15, 0.2) is 0 Å². The summed E-state index contributed by atoms with van der Waals surface area (Å²) in [7, 11) is 0. The first-order valence-corrected chi connectivity index (χ1v) is 8.48. The van der Waals surface area contributed by atoms with E-state index in [1.54, 1.807) is 0 Å². The van der Waals surface area contributed by atoms with Gasteiger partial charge in [-0.3, -0.25) is 4.79 Å². The fourth-order valence-electron chi connectivity index (χ4n) is 2.63. The standard InChI is InChI=1S/C19H18BrNO2/c1-2-23-19(22)9-7-13-6-8-17-15(10-13)12-18(21-17)14-4-3-5-16(20)11-14/h3-6,8,10-12,21H,2,7,9H2,1H3. The van der Waals surface area contributed by atoms with Crippen LogP contribution in [0.25, 0.3) is 22.2 Å². The second-order valence-electron chi connectivity index (χ2n) is 5.42. The minimum absolute atomic E-state index is 0.142. The molecule has 1 N–H and O–H groups in total. The molecule has 0 unspecified atom stereocenters. The number of H-pyrrole nitrogens is 1. The highest BCUT2D eigenvalue weighted by molar-refractivity contribution is 9.10. The normalized spacial score (nSPS) is 10.9. The van der Waals surface area contributed by atoms with Crippen molar-refractivity contribution in [2.24, 2.45) is 0 Å². The largest absolute Gasteiger partial charge is 0.466 e. The number of aryl methyl sites for hydroxylation is 1. The molecule has 1 aromatic heterocycles. The topological polar surface area (TPSA) is 42.1 Å². The minimum Gasteiger partial charge on any atom is -0.466 e. The molecule has 1 heterocycles. The molecule has 3 nitrogen and oxygen atoms in total. The molecular weight excluding hydrogens is 354 g/mol. The van der Waals surface area contributed by atoms with E-state index in [1.165, 1.54) is 0 Å². The van der Waals surface area contributed by atoms with Crippen LogP contribution in [0.4, 0.5) is 0 Å². The zero-order valence-corrected chi connectivity index (χ0v) is 14.5. The summed E-state index contributed by atoms with van der Waals surface area (Å²) in [5.74, 6) is -0.142. The highest BCUT2D eigenvalue weighted by atomic mass is 79.9. The number of aromatic amines is 1. The fraction of sp³-hybridized carbons (Fsp3) is 0.211. The lowest BCUT2D eigenvalue weighted by Crippen LogP contribution is -2.04. The molecule has 0 spiro atoms. The van der Waals surface area contributed by atoms with Crippen LogP contribution >= 0.6 is 15.9 Å². The van der Waals surface area contributed by atoms with Gasteiger partial charge < -0.3 is 9.72 Å². The number of hydrogen-bond donors (Lipinski definition) is 1. The Morgan fingerprint density at radius 2 is 2.04 bits per heavy atom. The summed E-state index contributed by atoms with van der Waals surface area (Å²) in [6, 6.07) is 16.6. The number of halogens is 1. The maximum absolute atomic E-state index is 11.5. The second kappa shape index (κ2) is 7.01. The molecule has 0 fully saturated rings.